The molecule has 3 aromatic carbocycles. The van der Waals surface area contributed by atoms with Crippen LogP contribution in [-0.2, 0) is 12.8 Å². The van der Waals surface area contributed by atoms with Crippen molar-refractivity contribution in [1.82, 2.24) is 9.80 Å². The second kappa shape index (κ2) is 16.1. The normalized spacial score (nSPS) is 18.9. The molecule has 0 bridgehead atoms. The minimum absolute atomic E-state index is 0.269. The predicted molar refractivity (Wildman–Crippen MR) is 168 cm³/mol. The number of aliphatic hydroxyl groups is 2. The van der Waals surface area contributed by atoms with Crippen molar-refractivity contribution >= 4 is 0 Å². The van der Waals surface area contributed by atoms with Gasteiger partial charge in [0.1, 0.15) is 36.9 Å². The monoisotopic (exact) mass is 572 g/mol. The van der Waals surface area contributed by atoms with Crippen LogP contribution in [-0.4, -0.2) is 84.7 Å². The molecule has 3 aromatic rings. The highest BCUT2D eigenvalue weighted by molar-refractivity contribution is 5.31. The van der Waals surface area contributed by atoms with Crippen LogP contribution in [0.2, 0.25) is 0 Å². The second-order valence-electron chi connectivity index (χ2n) is 12.3. The Labute approximate surface area is 251 Å². The zero-order valence-electron chi connectivity index (χ0n) is 24.9. The van der Waals surface area contributed by atoms with Gasteiger partial charge in [-0.3, -0.25) is 0 Å². The Morgan fingerprint density at radius 1 is 0.548 bits per heavy atom. The summed E-state index contributed by atoms with van der Waals surface area (Å²) >= 11 is 0. The van der Waals surface area contributed by atoms with Crippen molar-refractivity contribution in [3.8, 4) is 11.5 Å². The number of likely N-dealkylation sites (tertiary alicyclic amines) is 2. The number of piperidine rings is 2. The number of nitrogens with zero attached hydrogens (tertiary/aromatic N) is 2. The summed E-state index contributed by atoms with van der Waals surface area (Å²) < 4.78 is 11.7. The van der Waals surface area contributed by atoms with Crippen LogP contribution < -0.4 is 9.47 Å². The molecule has 42 heavy (non-hydrogen) atoms. The summed E-state index contributed by atoms with van der Waals surface area (Å²) in [7, 11) is 0. The van der Waals surface area contributed by atoms with Gasteiger partial charge in [-0.25, -0.2) is 0 Å². The Morgan fingerprint density at radius 3 is 1.26 bits per heavy atom. The molecule has 0 amide bonds. The van der Waals surface area contributed by atoms with E-state index in [1.807, 2.05) is 24.3 Å². The van der Waals surface area contributed by atoms with E-state index in [0.29, 0.717) is 24.6 Å². The van der Waals surface area contributed by atoms with Crippen LogP contribution in [0.4, 0.5) is 0 Å². The van der Waals surface area contributed by atoms with Gasteiger partial charge in [-0.15, -0.1) is 0 Å². The molecule has 0 radical (unpaired) electrons. The molecule has 2 atom stereocenters. The topological polar surface area (TPSA) is 65.4 Å². The SMILES string of the molecule is OC(COc1ccc(OCC(O)CN2CCC(Cc3ccccc3)CC2)cc1)CN1CCC(Cc2ccccc2)CC1. The van der Waals surface area contributed by atoms with E-state index in [0.717, 1.165) is 50.9 Å². The van der Waals surface area contributed by atoms with E-state index in [1.54, 1.807) is 0 Å². The number of hydrogen-bond donors (Lipinski definition) is 2. The van der Waals surface area contributed by atoms with Crippen molar-refractivity contribution in [2.75, 3.05) is 52.5 Å². The average molecular weight is 573 g/mol. The molecular weight excluding hydrogens is 524 g/mol. The predicted octanol–water partition coefficient (Wildman–Crippen LogP) is 5.08. The molecule has 226 valence electrons. The van der Waals surface area contributed by atoms with Crippen molar-refractivity contribution in [2.24, 2.45) is 11.8 Å². The highest BCUT2D eigenvalue weighted by Gasteiger charge is 2.23. The largest absolute Gasteiger partial charge is 0.491 e. The summed E-state index contributed by atoms with van der Waals surface area (Å²) in [5.74, 6) is 2.87. The van der Waals surface area contributed by atoms with Gasteiger partial charge in [0.05, 0.1) is 0 Å². The molecule has 2 unspecified atom stereocenters. The number of ether oxygens (including phenoxy) is 2. The third-order valence-corrected chi connectivity index (χ3v) is 8.80. The van der Waals surface area contributed by atoms with Gasteiger partial charge in [0.2, 0.25) is 0 Å². The Kier molecular flexibility index (Phi) is 11.7. The van der Waals surface area contributed by atoms with E-state index in [1.165, 1.54) is 36.8 Å². The summed E-state index contributed by atoms with van der Waals surface area (Å²) in [4.78, 5) is 4.70. The summed E-state index contributed by atoms with van der Waals surface area (Å²) in [6, 6.07) is 28.9. The Bertz CT molecular complexity index is 1050. The third-order valence-electron chi connectivity index (χ3n) is 8.80. The fourth-order valence-corrected chi connectivity index (χ4v) is 6.36. The summed E-state index contributed by atoms with van der Waals surface area (Å²) in [6.07, 6.45) is 5.94. The van der Waals surface area contributed by atoms with E-state index in [4.69, 9.17) is 9.47 Å². The highest BCUT2D eigenvalue weighted by Crippen LogP contribution is 2.24. The van der Waals surface area contributed by atoms with Crippen LogP contribution in [0.1, 0.15) is 36.8 Å². The molecule has 2 heterocycles. The first-order valence-corrected chi connectivity index (χ1v) is 15.8. The molecule has 2 saturated heterocycles. The average Bonchev–Trinajstić information content (AvgIpc) is 3.02. The lowest BCUT2D eigenvalue weighted by Crippen LogP contribution is -2.41. The molecule has 6 heteroatoms. The Morgan fingerprint density at radius 2 is 0.905 bits per heavy atom. The lowest BCUT2D eigenvalue weighted by atomic mass is 9.90. The van der Waals surface area contributed by atoms with Gasteiger partial charge in [0.15, 0.2) is 0 Å². The van der Waals surface area contributed by atoms with Crippen molar-refractivity contribution in [1.29, 1.82) is 0 Å². The number of β-amino-alcohol motifs (C(OH)–C–C–N with tert-alkyl or cyclic N) is 2. The van der Waals surface area contributed by atoms with Gasteiger partial charge in [-0.05, 0) is 112 Å². The van der Waals surface area contributed by atoms with Crippen LogP contribution in [0, 0.1) is 11.8 Å². The smallest absolute Gasteiger partial charge is 0.119 e. The second-order valence-corrected chi connectivity index (χ2v) is 12.3. The standard InChI is InChI=1S/C36H48N2O4/c39-33(25-37-19-15-31(16-20-37)23-29-7-3-1-4-8-29)27-41-35-11-13-36(14-12-35)42-28-34(40)26-38-21-17-32(18-22-38)24-30-9-5-2-6-10-30/h1-14,31-34,39-40H,15-28H2. The van der Waals surface area contributed by atoms with E-state index >= 15 is 0 Å². The maximum absolute atomic E-state index is 10.6. The molecule has 0 spiro atoms. The minimum atomic E-state index is -0.523. The van der Waals surface area contributed by atoms with Crippen LogP contribution in [0.15, 0.2) is 84.9 Å². The molecule has 2 aliphatic heterocycles. The lowest BCUT2D eigenvalue weighted by Gasteiger charge is -2.33. The quantitative estimate of drug-likeness (QED) is 0.281. The van der Waals surface area contributed by atoms with E-state index in [2.05, 4.69) is 70.5 Å². The van der Waals surface area contributed by atoms with Gasteiger partial charge in [-0.1, -0.05) is 60.7 Å². The first kappa shape index (κ1) is 30.6. The van der Waals surface area contributed by atoms with Crippen molar-refractivity contribution < 1.29 is 19.7 Å². The fourth-order valence-electron chi connectivity index (χ4n) is 6.36. The first-order valence-electron chi connectivity index (χ1n) is 15.8. The minimum Gasteiger partial charge on any atom is -0.491 e. The van der Waals surface area contributed by atoms with Crippen LogP contribution in [0.5, 0.6) is 11.5 Å². The molecule has 0 aromatic heterocycles. The molecular formula is C36H48N2O4. The number of benzene rings is 3. The van der Waals surface area contributed by atoms with Gasteiger partial charge in [0, 0.05) is 13.1 Å². The van der Waals surface area contributed by atoms with Gasteiger partial charge >= 0.3 is 0 Å². The lowest BCUT2D eigenvalue weighted by molar-refractivity contribution is 0.0540. The van der Waals surface area contributed by atoms with Crippen LogP contribution in [0.25, 0.3) is 0 Å². The molecule has 2 fully saturated rings. The number of hydrogen-bond acceptors (Lipinski definition) is 6. The van der Waals surface area contributed by atoms with E-state index in [9.17, 15) is 10.2 Å². The molecule has 5 rings (SSSR count). The van der Waals surface area contributed by atoms with Crippen molar-refractivity contribution in [2.45, 2.75) is 50.7 Å². The van der Waals surface area contributed by atoms with Gasteiger partial charge in [0.25, 0.3) is 0 Å². The first-order chi connectivity index (χ1) is 20.6. The Balaban J connectivity index is 0.928. The number of rotatable bonds is 14. The van der Waals surface area contributed by atoms with E-state index in [-0.39, 0.29) is 13.2 Å². The Hall–Kier alpha value is -2.90. The van der Waals surface area contributed by atoms with Gasteiger partial charge in [-0.2, -0.15) is 0 Å². The zero-order chi connectivity index (χ0) is 29.0. The zero-order valence-corrected chi connectivity index (χ0v) is 24.9. The van der Waals surface area contributed by atoms with Crippen molar-refractivity contribution in [3.63, 3.8) is 0 Å². The van der Waals surface area contributed by atoms with Crippen LogP contribution >= 0.6 is 0 Å². The third kappa shape index (κ3) is 10.1. The van der Waals surface area contributed by atoms with Gasteiger partial charge < -0.3 is 29.5 Å². The molecule has 2 N–H and O–H groups in total. The van der Waals surface area contributed by atoms with Crippen LogP contribution in [0.3, 0.4) is 0 Å². The maximum atomic E-state index is 10.6. The summed E-state index contributed by atoms with van der Waals surface area (Å²) in [6.45, 7) is 5.93. The summed E-state index contributed by atoms with van der Waals surface area (Å²) in [5, 5.41) is 21.1. The maximum Gasteiger partial charge on any atom is 0.119 e. The summed E-state index contributed by atoms with van der Waals surface area (Å²) in [5.41, 5.74) is 2.84. The highest BCUT2D eigenvalue weighted by atomic mass is 16.5. The number of aliphatic hydroxyl groups excluding tert-OH is 2. The fraction of sp³-hybridized carbons (Fsp3) is 0.500. The molecule has 2 aliphatic rings. The molecule has 0 aliphatic carbocycles. The molecule has 0 saturated carbocycles. The van der Waals surface area contributed by atoms with E-state index < -0.39 is 12.2 Å². The molecule has 6 nitrogen and oxygen atoms in total. The van der Waals surface area contributed by atoms with Crippen molar-refractivity contribution in [3.05, 3.63) is 96.1 Å².